The van der Waals surface area contributed by atoms with Gasteiger partial charge in [0.15, 0.2) is 5.82 Å². The molecule has 1 fully saturated rings. The summed E-state index contributed by atoms with van der Waals surface area (Å²) in [4.78, 5) is 6.58. The first-order valence-electron chi connectivity index (χ1n) is 6.85. The van der Waals surface area contributed by atoms with Crippen LogP contribution in [0.3, 0.4) is 0 Å². The molecular formula is C15H16N4O. The Balaban J connectivity index is 1.99. The highest BCUT2D eigenvalue weighted by molar-refractivity contribution is 5.60. The van der Waals surface area contributed by atoms with Crippen LogP contribution in [0.15, 0.2) is 28.8 Å². The maximum atomic E-state index is 9.28. The molecule has 2 heterocycles. The molecule has 2 aromatic rings. The molecule has 1 aromatic carbocycles. The van der Waals surface area contributed by atoms with E-state index in [1.54, 1.807) is 0 Å². The van der Waals surface area contributed by atoms with Gasteiger partial charge in [0.25, 0.3) is 0 Å². The van der Waals surface area contributed by atoms with Crippen molar-refractivity contribution < 1.29 is 4.52 Å². The maximum absolute atomic E-state index is 9.28. The Morgan fingerprint density at radius 3 is 2.95 bits per heavy atom. The Kier molecular flexibility index (Phi) is 3.38. The highest BCUT2D eigenvalue weighted by atomic mass is 16.5. The minimum Gasteiger partial charge on any atom is -0.358 e. The Morgan fingerprint density at radius 2 is 2.20 bits per heavy atom. The fourth-order valence-electron chi connectivity index (χ4n) is 2.74. The van der Waals surface area contributed by atoms with Crippen molar-refractivity contribution in [1.82, 2.24) is 10.1 Å². The van der Waals surface area contributed by atoms with Crippen molar-refractivity contribution in [2.45, 2.75) is 32.2 Å². The summed E-state index contributed by atoms with van der Waals surface area (Å²) in [5.41, 5.74) is 1.64. The van der Waals surface area contributed by atoms with Gasteiger partial charge >= 0.3 is 0 Å². The summed E-state index contributed by atoms with van der Waals surface area (Å²) in [5, 5.41) is 13.2. The monoisotopic (exact) mass is 268 g/mol. The highest BCUT2D eigenvalue weighted by Gasteiger charge is 2.29. The summed E-state index contributed by atoms with van der Waals surface area (Å²) in [6.07, 6.45) is 3.22. The first-order chi connectivity index (χ1) is 9.79. The van der Waals surface area contributed by atoms with E-state index >= 15 is 0 Å². The summed E-state index contributed by atoms with van der Waals surface area (Å²) in [5.74, 6) is 1.30. The van der Waals surface area contributed by atoms with E-state index in [4.69, 9.17) is 4.52 Å². The van der Waals surface area contributed by atoms with Crippen LogP contribution in [0.2, 0.25) is 0 Å². The van der Waals surface area contributed by atoms with Crippen molar-refractivity contribution in [1.29, 1.82) is 5.26 Å². The lowest BCUT2D eigenvalue weighted by atomic mass is 10.00. The van der Waals surface area contributed by atoms with Gasteiger partial charge in [-0.05, 0) is 38.3 Å². The molecule has 0 amide bonds. The molecule has 5 heteroatoms. The van der Waals surface area contributed by atoms with Crippen LogP contribution in [-0.2, 0) is 0 Å². The van der Waals surface area contributed by atoms with Crippen molar-refractivity contribution in [2.75, 3.05) is 11.4 Å². The van der Waals surface area contributed by atoms with Crippen LogP contribution in [0, 0.1) is 18.3 Å². The third kappa shape index (κ3) is 2.25. The molecule has 0 bridgehead atoms. The van der Waals surface area contributed by atoms with Gasteiger partial charge in [0.1, 0.15) is 12.1 Å². The first kappa shape index (κ1) is 12.7. The van der Waals surface area contributed by atoms with E-state index in [9.17, 15) is 5.26 Å². The molecule has 0 radical (unpaired) electrons. The summed E-state index contributed by atoms with van der Waals surface area (Å²) < 4.78 is 5.34. The number of nitriles is 1. The number of aromatic nitrogens is 2. The van der Waals surface area contributed by atoms with Gasteiger partial charge in [0.05, 0.1) is 11.3 Å². The number of hydrogen-bond donors (Lipinski definition) is 0. The lowest BCUT2D eigenvalue weighted by Gasteiger charge is -2.35. The quantitative estimate of drug-likeness (QED) is 0.837. The van der Waals surface area contributed by atoms with Crippen molar-refractivity contribution in [3.8, 4) is 6.07 Å². The van der Waals surface area contributed by atoms with Crippen LogP contribution in [0.1, 0.15) is 42.6 Å². The average molecular weight is 268 g/mol. The van der Waals surface area contributed by atoms with Crippen LogP contribution in [0.5, 0.6) is 0 Å². The molecule has 0 saturated carbocycles. The van der Waals surface area contributed by atoms with E-state index in [-0.39, 0.29) is 6.04 Å². The number of rotatable bonds is 2. The second-order valence-electron chi connectivity index (χ2n) is 5.01. The molecule has 1 unspecified atom stereocenters. The van der Waals surface area contributed by atoms with Crippen LogP contribution in [-0.4, -0.2) is 16.7 Å². The number of hydrogen-bond acceptors (Lipinski definition) is 5. The van der Waals surface area contributed by atoms with Gasteiger partial charge in [-0.25, -0.2) is 0 Å². The molecule has 102 valence electrons. The van der Waals surface area contributed by atoms with Crippen LogP contribution in [0.4, 0.5) is 5.69 Å². The topological polar surface area (TPSA) is 66.0 Å². The second kappa shape index (κ2) is 5.33. The summed E-state index contributed by atoms with van der Waals surface area (Å²) in [7, 11) is 0. The Bertz CT molecular complexity index is 643. The van der Waals surface area contributed by atoms with Crippen molar-refractivity contribution in [3.05, 3.63) is 41.5 Å². The predicted octanol–water partition coefficient (Wildman–Crippen LogP) is 2.98. The smallest absolute Gasteiger partial charge is 0.249 e. The van der Waals surface area contributed by atoms with Gasteiger partial charge in [-0.3, -0.25) is 0 Å². The van der Waals surface area contributed by atoms with E-state index in [1.807, 2.05) is 31.2 Å². The number of piperidine rings is 1. The molecule has 20 heavy (non-hydrogen) atoms. The van der Waals surface area contributed by atoms with Crippen molar-refractivity contribution in [3.63, 3.8) is 0 Å². The highest BCUT2D eigenvalue weighted by Crippen LogP contribution is 2.35. The normalized spacial score (nSPS) is 18.8. The van der Waals surface area contributed by atoms with E-state index in [0.29, 0.717) is 17.3 Å². The van der Waals surface area contributed by atoms with Gasteiger partial charge in [0.2, 0.25) is 5.89 Å². The molecule has 1 aliphatic heterocycles. The first-order valence-corrected chi connectivity index (χ1v) is 6.85. The molecular weight excluding hydrogens is 252 g/mol. The van der Waals surface area contributed by atoms with E-state index in [1.165, 1.54) is 0 Å². The maximum Gasteiger partial charge on any atom is 0.249 e. The molecule has 5 nitrogen and oxygen atoms in total. The van der Waals surface area contributed by atoms with E-state index in [2.05, 4.69) is 21.1 Å². The number of aryl methyl sites for hydroxylation is 1. The molecule has 1 atom stereocenters. The Morgan fingerprint density at radius 1 is 1.35 bits per heavy atom. The van der Waals surface area contributed by atoms with Crippen LogP contribution < -0.4 is 4.90 Å². The Hall–Kier alpha value is -2.35. The van der Waals surface area contributed by atoms with Gasteiger partial charge in [-0.2, -0.15) is 10.2 Å². The van der Waals surface area contributed by atoms with Crippen molar-refractivity contribution >= 4 is 5.69 Å². The predicted molar refractivity (Wildman–Crippen MR) is 74.1 cm³/mol. The third-order valence-corrected chi connectivity index (χ3v) is 3.67. The lowest BCUT2D eigenvalue weighted by molar-refractivity contribution is 0.321. The zero-order chi connectivity index (χ0) is 13.9. The van der Waals surface area contributed by atoms with Gasteiger partial charge in [-0.1, -0.05) is 17.3 Å². The lowest BCUT2D eigenvalue weighted by Crippen LogP contribution is -2.34. The minimum atomic E-state index is 0.0689. The molecule has 0 spiro atoms. The summed E-state index contributed by atoms with van der Waals surface area (Å²) in [6, 6.07) is 10.0. The van der Waals surface area contributed by atoms with E-state index < -0.39 is 0 Å². The summed E-state index contributed by atoms with van der Waals surface area (Å²) >= 11 is 0. The molecule has 1 aliphatic rings. The molecule has 1 saturated heterocycles. The fourth-order valence-corrected chi connectivity index (χ4v) is 2.74. The van der Waals surface area contributed by atoms with Gasteiger partial charge in [-0.15, -0.1) is 0 Å². The summed E-state index contributed by atoms with van der Waals surface area (Å²) in [6.45, 7) is 2.73. The van der Waals surface area contributed by atoms with Gasteiger partial charge in [0, 0.05) is 6.54 Å². The zero-order valence-electron chi connectivity index (χ0n) is 11.4. The van der Waals surface area contributed by atoms with Gasteiger partial charge < -0.3 is 9.42 Å². The number of benzene rings is 1. The number of nitrogens with zero attached hydrogens (tertiary/aromatic N) is 4. The largest absolute Gasteiger partial charge is 0.358 e. The third-order valence-electron chi connectivity index (χ3n) is 3.67. The molecule has 3 rings (SSSR count). The number of anilines is 1. The molecule has 1 aromatic heterocycles. The fraction of sp³-hybridized carbons (Fsp3) is 0.400. The second-order valence-corrected chi connectivity index (χ2v) is 5.01. The SMILES string of the molecule is Cc1noc(C2CCCCN2c2ccccc2C#N)n1. The van der Waals surface area contributed by atoms with Crippen molar-refractivity contribution in [2.24, 2.45) is 0 Å². The minimum absolute atomic E-state index is 0.0689. The van der Waals surface area contributed by atoms with Crippen LogP contribution in [0.25, 0.3) is 0 Å². The van der Waals surface area contributed by atoms with E-state index in [0.717, 1.165) is 31.5 Å². The standard InChI is InChI=1S/C15H16N4O/c1-11-17-15(20-18-11)14-8-4-5-9-19(14)13-7-3-2-6-12(13)10-16/h2-3,6-7,14H,4-5,8-9H2,1H3. The molecule has 0 N–H and O–H groups in total. The average Bonchev–Trinajstić information content (AvgIpc) is 2.93. The Labute approximate surface area is 117 Å². The number of para-hydroxylation sites is 1. The van der Waals surface area contributed by atoms with Crippen LogP contribution >= 0.6 is 0 Å². The zero-order valence-corrected chi connectivity index (χ0v) is 11.4. The molecule has 0 aliphatic carbocycles.